The predicted octanol–water partition coefficient (Wildman–Crippen LogP) is 1.63. The maximum absolute atomic E-state index is 12.0. The van der Waals surface area contributed by atoms with Gasteiger partial charge in [-0.1, -0.05) is 26.0 Å². The lowest BCUT2D eigenvalue weighted by Gasteiger charge is -2.20. The topological polar surface area (TPSA) is 84.2 Å². The van der Waals surface area contributed by atoms with Gasteiger partial charge in [-0.25, -0.2) is 4.79 Å². The first-order valence-electron chi connectivity index (χ1n) is 5.83. The van der Waals surface area contributed by atoms with Gasteiger partial charge in [0.1, 0.15) is 6.04 Å². The quantitative estimate of drug-likeness (QED) is 0.757. The zero-order valence-corrected chi connectivity index (χ0v) is 10.9. The second-order valence-electron chi connectivity index (χ2n) is 4.59. The van der Waals surface area contributed by atoms with Crippen molar-refractivity contribution in [2.45, 2.75) is 26.8 Å². The summed E-state index contributed by atoms with van der Waals surface area (Å²) in [6, 6.07) is 6.12. The summed E-state index contributed by atoms with van der Waals surface area (Å²) in [5.74, 6) is -0.309. The minimum absolute atomic E-state index is 0.0395. The van der Waals surface area contributed by atoms with E-state index in [9.17, 15) is 9.59 Å². The van der Waals surface area contributed by atoms with Crippen molar-refractivity contribution in [2.24, 2.45) is 11.7 Å². The molecule has 4 N–H and O–H groups in total. The fourth-order valence-corrected chi connectivity index (χ4v) is 1.63. The molecule has 0 aliphatic rings. The van der Waals surface area contributed by atoms with Crippen molar-refractivity contribution in [1.29, 1.82) is 0 Å². The highest BCUT2D eigenvalue weighted by molar-refractivity contribution is 5.97. The van der Waals surface area contributed by atoms with Crippen LogP contribution in [0.15, 0.2) is 24.3 Å². The van der Waals surface area contributed by atoms with E-state index in [0.29, 0.717) is 5.69 Å². The third-order valence-electron chi connectivity index (χ3n) is 2.53. The van der Waals surface area contributed by atoms with E-state index in [2.05, 4.69) is 10.6 Å². The zero-order valence-electron chi connectivity index (χ0n) is 10.9. The largest absolute Gasteiger partial charge is 0.352 e. The second kappa shape index (κ2) is 6.05. The molecule has 5 nitrogen and oxygen atoms in total. The molecule has 18 heavy (non-hydrogen) atoms. The Hall–Kier alpha value is -2.04. The van der Waals surface area contributed by atoms with Crippen molar-refractivity contribution in [3.8, 4) is 0 Å². The van der Waals surface area contributed by atoms with Crippen molar-refractivity contribution in [1.82, 2.24) is 5.32 Å². The molecule has 0 aromatic heterocycles. The molecule has 1 aromatic carbocycles. The van der Waals surface area contributed by atoms with Crippen LogP contribution in [-0.2, 0) is 4.79 Å². The number of rotatable bonds is 4. The van der Waals surface area contributed by atoms with Crippen LogP contribution in [0.1, 0.15) is 19.4 Å². The highest BCUT2D eigenvalue weighted by Crippen LogP contribution is 2.11. The normalized spacial score (nSPS) is 12.0. The number of primary amides is 1. The first-order valence-corrected chi connectivity index (χ1v) is 5.83. The lowest BCUT2D eigenvalue weighted by atomic mass is 10.0. The van der Waals surface area contributed by atoms with Gasteiger partial charge >= 0.3 is 6.03 Å². The van der Waals surface area contributed by atoms with Crippen molar-refractivity contribution in [3.63, 3.8) is 0 Å². The molecule has 1 atom stereocenters. The standard InChI is InChI=1S/C13H19N3O2/c1-8(2)11(16-13(14)18)12(17)15-10-6-4-5-9(3)7-10/h4-8,11H,1-3H3,(H,15,17)(H3,14,16,18). The van der Waals surface area contributed by atoms with Gasteiger partial charge in [0.25, 0.3) is 0 Å². The Morgan fingerprint density at radius 3 is 2.44 bits per heavy atom. The third kappa shape index (κ3) is 4.08. The summed E-state index contributed by atoms with van der Waals surface area (Å²) < 4.78 is 0. The Morgan fingerprint density at radius 2 is 1.94 bits per heavy atom. The number of aryl methyl sites for hydroxylation is 1. The smallest absolute Gasteiger partial charge is 0.312 e. The summed E-state index contributed by atoms with van der Waals surface area (Å²) in [5, 5.41) is 5.20. The molecule has 0 heterocycles. The molecule has 0 saturated heterocycles. The van der Waals surface area contributed by atoms with Crippen LogP contribution < -0.4 is 16.4 Å². The summed E-state index contributed by atoms with van der Waals surface area (Å²) in [5.41, 5.74) is 6.81. The van der Waals surface area contributed by atoms with Gasteiger partial charge in [0.15, 0.2) is 0 Å². The van der Waals surface area contributed by atoms with E-state index in [-0.39, 0.29) is 11.8 Å². The number of amides is 3. The van der Waals surface area contributed by atoms with Gasteiger partial charge in [0.05, 0.1) is 0 Å². The molecule has 3 amide bonds. The van der Waals surface area contributed by atoms with Crippen LogP contribution in [-0.4, -0.2) is 18.0 Å². The van der Waals surface area contributed by atoms with Gasteiger partial charge in [-0.15, -0.1) is 0 Å². The van der Waals surface area contributed by atoms with Crippen LogP contribution in [0.2, 0.25) is 0 Å². The van der Waals surface area contributed by atoms with Crippen LogP contribution >= 0.6 is 0 Å². The third-order valence-corrected chi connectivity index (χ3v) is 2.53. The highest BCUT2D eigenvalue weighted by atomic mass is 16.2. The van der Waals surface area contributed by atoms with E-state index < -0.39 is 12.1 Å². The Balaban J connectivity index is 2.75. The molecule has 1 rings (SSSR count). The minimum atomic E-state index is -0.701. The lowest BCUT2D eigenvalue weighted by molar-refractivity contribution is -0.118. The van der Waals surface area contributed by atoms with E-state index in [1.165, 1.54) is 0 Å². The number of benzene rings is 1. The maximum atomic E-state index is 12.0. The van der Waals surface area contributed by atoms with Crippen LogP contribution in [0.4, 0.5) is 10.5 Å². The van der Waals surface area contributed by atoms with Gasteiger partial charge < -0.3 is 16.4 Å². The average molecular weight is 249 g/mol. The van der Waals surface area contributed by atoms with E-state index >= 15 is 0 Å². The maximum Gasteiger partial charge on any atom is 0.312 e. The molecule has 0 saturated carbocycles. The number of hydrogen-bond acceptors (Lipinski definition) is 2. The first-order chi connectivity index (χ1) is 8.40. The number of anilines is 1. The Labute approximate surface area is 107 Å². The molecule has 98 valence electrons. The molecule has 0 fully saturated rings. The number of carbonyl (C=O) groups excluding carboxylic acids is 2. The van der Waals surface area contributed by atoms with E-state index in [0.717, 1.165) is 5.56 Å². The summed E-state index contributed by atoms with van der Waals surface area (Å²) in [6.45, 7) is 5.63. The molecular formula is C13H19N3O2. The predicted molar refractivity (Wildman–Crippen MR) is 71.2 cm³/mol. The SMILES string of the molecule is Cc1cccc(NC(=O)C(NC(N)=O)C(C)C)c1. The molecule has 0 bridgehead atoms. The molecule has 1 aromatic rings. The second-order valence-corrected chi connectivity index (χ2v) is 4.59. The number of nitrogens with one attached hydrogen (secondary N) is 2. The van der Waals surface area contributed by atoms with Gasteiger partial charge in [-0.3, -0.25) is 4.79 Å². The van der Waals surface area contributed by atoms with Crippen LogP contribution in [0, 0.1) is 12.8 Å². The van der Waals surface area contributed by atoms with Gasteiger partial charge in [0.2, 0.25) is 5.91 Å². The molecule has 0 aliphatic carbocycles. The molecule has 5 heteroatoms. The molecule has 0 spiro atoms. The summed E-state index contributed by atoms with van der Waals surface area (Å²) in [7, 11) is 0. The molecule has 0 aliphatic heterocycles. The van der Waals surface area contributed by atoms with Gasteiger partial charge in [-0.05, 0) is 30.5 Å². The molecule has 1 unspecified atom stereocenters. The Bertz CT molecular complexity index is 444. The highest BCUT2D eigenvalue weighted by Gasteiger charge is 2.23. The number of nitrogens with two attached hydrogens (primary N) is 1. The van der Waals surface area contributed by atoms with Crippen molar-refractivity contribution >= 4 is 17.6 Å². The van der Waals surface area contributed by atoms with E-state index in [1.54, 1.807) is 6.07 Å². The average Bonchev–Trinajstić information content (AvgIpc) is 2.25. The van der Waals surface area contributed by atoms with Crippen molar-refractivity contribution in [2.75, 3.05) is 5.32 Å². The van der Waals surface area contributed by atoms with E-state index in [1.807, 2.05) is 39.0 Å². The summed E-state index contributed by atoms with van der Waals surface area (Å²) >= 11 is 0. The number of hydrogen-bond donors (Lipinski definition) is 3. The van der Waals surface area contributed by atoms with Gasteiger partial charge in [-0.2, -0.15) is 0 Å². The van der Waals surface area contributed by atoms with Crippen LogP contribution in [0.25, 0.3) is 0 Å². The van der Waals surface area contributed by atoms with E-state index in [4.69, 9.17) is 5.73 Å². The Morgan fingerprint density at radius 1 is 1.28 bits per heavy atom. The molecule has 0 radical (unpaired) electrons. The van der Waals surface area contributed by atoms with Crippen LogP contribution in [0.5, 0.6) is 0 Å². The number of carbonyl (C=O) groups is 2. The molecular weight excluding hydrogens is 230 g/mol. The first kappa shape index (κ1) is 14.0. The minimum Gasteiger partial charge on any atom is -0.352 e. The Kier molecular flexibility index (Phi) is 4.71. The summed E-state index contributed by atoms with van der Waals surface area (Å²) in [6.07, 6.45) is 0. The fraction of sp³-hybridized carbons (Fsp3) is 0.385. The fourth-order valence-electron chi connectivity index (χ4n) is 1.63. The monoisotopic (exact) mass is 249 g/mol. The summed E-state index contributed by atoms with van der Waals surface area (Å²) in [4.78, 5) is 22.9. The zero-order chi connectivity index (χ0) is 13.7. The number of urea groups is 1. The van der Waals surface area contributed by atoms with Gasteiger partial charge in [0, 0.05) is 5.69 Å². The lowest BCUT2D eigenvalue weighted by Crippen LogP contribution is -2.49. The van der Waals surface area contributed by atoms with Crippen molar-refractivity contribution in [3.05, 3.63) is 29.8 Å². The van der Waals surface area contributed by atoms with Crippen molar-refractivity contribution < 1.29 is 9.59 Å². The van der Waals surface area contributed by atoms with Crippen LogP contribution in [0.3, 0.4) is 0 Å².